The van der Waals surface area contributed by atoms with Crippen LogP contribution in [0.4, 0.5) is 5.69 Å². The van der Waals surface area contributed by atoms with Gasteiger partial charge in [0.2, 0.25) is 0 Å². The van der Waals surface area contributed by atoms with Crippen molar-refractivity contribution in [3.63, 3.8) is 0 Å². The molecule has 3 nitrogen and oxygen atoms in total. The van der Waals surface area contributed by atoms with Crippen LogP contribution in [0.1, 0.15) is 11.1 Å². The molecule has 2 rings (SSSR count). The Labute approximate surface area is 149 Å². The first-order valence-corrected chi connectivity index (χ1v) is 7.68. The largest absolute Gasteiger partial charge is 0.321 e. The standard InChI is InChI=1S/C17H11Cl3N2O/c1-10-2-4-13(5-3-10)22-17(23)12(9-21)6-11-7-15(19)16(20)8-14(11)18/h2-8H,1H3,(H,22,23). The molecule has 0 aromatic heterocycles. The van der Waals surface area contributed by atoms with Crippen molar-refractivity contribution in [2.75, 3.05) is 5.32 Å². The molecule has 2 aromatic carbocycles. The summed E-state index contributed by atoms with van der Waals surface area (Å²) in [5.74, 6) is -0.529. The van der Waals surface area contributed by atoms with E-state index < -0.39 is 5.91 Å². The fraction of sp³-hybridized carbons (Fsp3) is 0.0588. The minimum absolute atomic E-state index is 0.0918. The summed E-state index contributed by atoms with van der Waals surface area (Å²) in [6.07, 6.45) is 1.37. The van der Waals surface area contributed by atoms with Crippen LogP contribution in [0.15, 0.2) is 42.0 Å². The van der Waals surface area contributed by atoms with Gasteiger partial charge in [-0.15, -0.1) is 0 Å². The average Bonchev–Trinajstić information content (AvgIpc) is 2.51. The predicted molar refractivity (Wildman–Crippen MR) is 94.9 cm³/mol. The first-order valence-electron chi connectivity index (χ1n) is 6.55. The van der Waals surface area contributed by atoms with Crippen LogP contribution in [0.2, 0.25) is 15.1 Å². The maximum absolute atomic E-state index is 12.2. The summed E-state index contributed by atoms with van der Waals surface area (Å²) in [7, 11) is 0. The van der Waals surface area contributed by atoms with E-state index in [1.807, 2.05) is 25.1 Å². The molecule has 116 valence electrons. The molecule has 0 aliphatic rings. The third-order valence-electron chi connectivity index (χ3n) is 3.01. The van der Waals surface area contributed by atoms with Gasteiger partial charge in [-0.2, -0.15) is 5.26 Å². The van der Waals surface area contributed by atoms with Crippen LogP contribution in [0.25, 0.3) is 6.08 Å². The summed E-state index contributed by atoms with van der Waals surface area (Å²) in [5.41, 5.74) is 2.02. The van der Waals surface area contributed by atoms with Crippen molar-refractivity contribution < 1.29 is 4.79 Å². The number of nitrogens with zero attached hydrogens (tertiary/aromatic N) is 1. The van der Waals surface area contributed by atoms with Gasteiger partial charge in [-0.25, -0.2) is 0 Å². The molecular formula is C17H11Cl3N2O. The van der Waals surface area contributed by atoms with E-state index in [1.165, 1.54) is 18.2 Å². The zero-order chi connectivity index (χ0) is 17.0. The lowest BCUT2D eigenvalue weighted by atomic mass is 10.1. The highest BCUT2D eigenvalue weighted by Crippen LogP contribution is 2.30. The van der Waals surface area contributed by atoms with Crippen molar-refractivity contribution in [2.45, 2.75) is 6.92 Å². The molecule has 23 heavy (non-hydrogen) atoms. The molecule has 0 saturated carbocycles. The molecule has 0 aliphatic carbocycles. The van der Waals surface area contributed by atoms with Gasteiger partial charge in [0.1, 0.15) is 11.6 Å². The van der Waals surface area contributed by atoms with E-state index in [2.05, 4.69) is 5.32 Å². The Morgan fingerprint density at radius 1 is 1.09 bits per heavy atom. The van der Waals surface area contributed by atoms with E-state index in [4.69, 9.17) is 34.8 Å². The quantitative estimate of drug-likeness (QED) is 0.443. The number of carbonyl (C=O) groups is 1. The highest BCUT2D eigenvalue weighted by atomic mass is 35.5. The fourth-order valence-corrected chi connectivity index (χ4v) is 2.40. The lowest BCUT2D eigenvalue weighted by molar-refractivity contribution is -0.112. The van der Waals surface area contributed by atoms with Crippen molar-refractivity contribution in [1.82, 2.24) is 0 Å². The molecule has 1 N–H and O–H groups in total. The number of nitrogens with one attached hydrogen (secondary N) is 1. The molecule has 0 aliphatic heterocycles. The van der Waals surface area contributed by atoms with Crippen LogP contribution in [0, 0.1) is 18.3 Å². The highest BCUT2D eigenvalue weighted by Gasteiger charge is 2.12. The second kappa shape index (κ2) is 7.52. The normalized spacial score (nSPS) is 11.0. The minimum Gasteiger partial charge on any atom is -0.321 e. The Bertz CT molecular complexity index is 821. The summed E-state index contributed by atoms with van der Waals surface area (Å²) in [6, 6.07) is 12.1. The van der Waals surface area contributed by atoms with Gasteiger partial charge >= 0.3 is 0 Å². The Morgan fingerprint density at radius 3 is 2.30 bits per heavy atom. The fourth-order valence-electron chi connectivity index (χ4n) is 1.79. The van der Waals surface area contributed by atoms with Crippen LogP contribution in [-0.2, 0) is 4.79 Å². The molecule has 0 bridgehead atoms. The van der Waals surface area contributed by atoms with Gasteiger partial charge in [0.25, 0.3) is 5.91 Å². The third kappa shape index (κ3) is 4.49. The van der Waals surface area contributed by atoms with Crippen LogP contribution in [0.5, 0.6) is 0 Å². The summed E-state index contributed by atoms with van der Waals surface area (Å²) >= 11 is 17.8. The molecule has 0 heterocycles. The molecule has 2 aromatic rings. The predicted octanol–water partition coefficient (Wildman–Crippen LogP) is 5.50. The van der Waals surface area contributed by atoms with Crippen LogP contribution >= 0.6 is 34.8 Å². The number of hydrogen-bond donors (Lipinski definition) is 1. The average molecular weight is 366 g/mol. The molecule has 0 spiro atoms. The summed E-state index contributed by atoms with van der Waals surface area (Å²) < 4.78 is 0. The van der Waals surface area contributed by atoms with Gasteiger partial charge in [0.05, 0.1) is 10.0 Å². The summed E-state index contributed by atoms with van der Waals surface area (Å²) in [4.78, 5) is 12.2. The Hall–Kier alpha value is -1.99. The van der Waals surface area contributed by atoms with Crippen LogP contribution in [-0.4, -0.2) is 5.91 Å². The number of amides is 1. The number of nitriles is 1. The number of hydrogen-bond acceptors (Lipinski definition) is 2. The molecule has 0 saturated heterocycles. The highest BCUT2D eigenvalue weighted by molar-refractivity contribution is 6.43. The van der Waals surface area contributed by atoms with Crippen molar-refractivity contribution in [1.29, 1.82) is 5.26 Å². The smallest absolute Gasteiger partial charge is 0.266 e. The van der Waals surface area contributed by atoms with E-state index >= 15 is 0 Å². The SMILES string of the molecule is Cc1ccc(NC(=O)C(C#N)=Cc2cc(Cl)c(Cl)cc2Cl)cc1. The second-order valence-corrected chi connectivity index (χ2v) is 6.00. The Kier molecular flexibility index (Phi) is 5.68. The Balaban J connectivity index is 2.28. The number of anilines is 1. The molecular weight excluding hydrogens is 355 g/mol. The number of aryl methyl sites for hydroxylation is 1. The number of carbonyl (C=O) groups excluding carboxylic acids is 1. The van der Waals surface area contributed by atoms with Crippen molar-refractivity contribution in [3.8, 4) is 6.07 Å². The number of benzene rings is 2. The maximum atomic E-state index is 12.2. The van der Waals surface area contributed by atoms with E-state index in [-0.39, 0.29) is 5.57 Å². The van der Waals surface area contributed by atoms with Gasteiger partial charge in [0.15, 0.2) is 0 Å². The van der Waals surface area contributed by atoms with Crippen molar-refractivity contribution in [3.05, 3.63) is 68.2 Å². The van der Waals surface area contributed by atoms with E-state index in [1.54, 1.807) is 12.1 Å². The van der Waals surface area contributed by atoms with E-state index in [9.17, 15) is 10.1 Å². The van der Waals surface area contributed by atoms with Gasteiger partial charge < -0.3 is 5.32 Å². The van der Waals surface area contributed by atoms with Crippen LogP contribution in [0.3, 0.4) is 0 Å². The van der Waals surface area contributed by atoms with Gasteiger partial charge in [-0.05, 0) is 42.8 Å². The summed E-state index contributed by atoms with van der Waals surface area (Å²) in [6.45, 7) is 1.94. The molecule has 0 unspecified atom stereocenters. The first-order chi connectivity index (χ1) is 10.9. The molecule has 6 heteroatoms. The second-order valence-electron chi connectivity index (χ2n) is 4.78. The molecule has 0 fully saturated rings. The monoisotopic (exact) mass is 364 g/mol. The van der Waals surface area contributed by atoms with Gasteiger partial charge in [0, 0.05) is 10.7 Å². The van der Waals surface area contributed by atoms with Crippen molar-refractivity contribution >= 4 is 52.5 Å². The lowest BCUT2D eigenvalue weighted by Crippen LogP contribution is -2.13. The zero-order valence-corrected chi connectivity index (χ0v) is 14.3. The third-order valence-corrected chi connectivity index (χ3v) is 4.06. The lowest BCUT2D eigenvalue weighted by Gasteiger charge is -2.06. The van der Waals surface area contributed by atoms with Gasteiger partial charge in [-0.3, -0.25) is 4.79 Å². The van der Waals surface area contributed by atoms with E-state index in [0.29, 0.717) is 26.3 Å². The zero-order valence-electron chi connectivity index (χ0n) is 12.0. The minimum atomic E-state index is -0.529. The molecule has 0 radical (unpaired) electrons. The van der Waals surface area contributed by atoms with Gasteiger partial charge in [-0.1, -0.05) is 52.5 Å². The maximum Gasteiger partial charge on any atom is 0.266 e. The molecule has 0 atom stereocenters. The Morgan fingerprint density at radius 2 is 1.70 bits per heavy atom. The van der Waals surface area contributed by atoms with E-state index in [0.717, 1.165) is 5.56 Å². The number of rotatable bonds is 3. The van der Waals surface area contributed by atoms with Crippen LogP contribution < -0.4 is 5.32 Å². The topological polar surface area (TPSA) is 52.9 Å². The summed E-state index contributed by atoms with van der Waals surface area (Å²) in [5, 5.41) is 12.8. The first kappa shape index (κ1) is 17.4. The van der Waals surface area contributed by atoms with Crippen molar-refractivity contribution in [2.24, 2.45) is 0 Å². The number of halogens is 3. The molecule has 1 amide bonds.